The molecule has 7 heteroatoms. The number of carbonyl (C=O) groups is 1. The third-order valence-corrected chi connectivity index (χ3v) is 5.53. The summed E-state index contributed by atoms with van der Waals surface area (Å²) >= 11 is 0. The lowest BCUT2D eigenvalue weighted by molar-refractivity contribution is 0.0130. The Balaban J connectivity index is 1.66. The molecular weight excluding hydrogens is 408 g/mol. The Hall–Kier alpha value is -3.22. The number of alkyl halides is 2. The van der Waals surface area contributed by atoms with E-state index in [0.717, 1.165) is 23.3 Å². The summed E-state index contributed by atoms with van der Waals surface area (Å²) in [5.41, 5.74) is 3.80. The predicted molar refractivity (Wildman–Crippen MR) is 110 cm³/mol. The summed E-state index contributed by atoms with van der Waals surface area (Å²) in [4.78, 5) is 16.8. The topological polar surface area (TPSA) is 42.0 Å². The molecule has 0 radical (unpaired) electrons. The molecule has 2 aromatic carbocycles. The van der Waals surface area contributed by atoms with Gasteiger partial charge in [-0.05, 0) is 59.9 Å². The van der Waals surface area contributed by atoms with Crippen molar-refractivity contribution >= 4 is 11.6 Å². The van der Waals surface area contributed by atoms with E-state index in [4.69, 9.17) is 0 Å². The SMILES string of the molecule is CCc1cc(-c2cc3c(cc2C)CC(F)(F)C3)ncc1NC(=O)c1c(F)cccc1F. The van der Waals surface area contributed by atoms with E-state index in [1.165, 1.54) is 12.3 Å². The molecule has 0 bridgehead atoms. The first kappa shape index (κ1) is 21.0. The molecule has 1 heterocycles. The van der Waals surface area contributed by atoms with Gasteiger partial charge >= 0.3 is 0 Å². The van der Waals surface area contributed by atoms with Crippen LogP contribution in [-0.2, 0) is 19.3 Å². The highest BCUT2D eigenvalue weighted by molar-refractivity contribution is 6.05. The predicted octanol–water partition coefficient (Wildman–Crippen LogP) is 5.88. The normalized spacial score (nSPS) is 14.4. The van der Waals surface area contributed by atoms with E-state index >= 15 is 0 Å². The van der Waals surface area contributed by atoms with Crippen molar-refractivity contribution in [2.75, 3.05) is 5.32 Å². The van der Waals surface area contributed by atoms with Crippen LogP contribution in [0.15, 0.2) is 42.6 Å². The zero-order valence-electron chi connectivity index (χ0n) is 17.0. The van der Waals surface area contributed by atoms with Gasteiger partial charge in [0.25, 0.3) is 11.8 Å². The highest BCUT2D eigenvalue weighted by Gasteiger charge is 2.37. The molecule has 3 nitrogen and oxygen atoms in total. The molecule has 1 N–H and O–H groups in total. The number of carbonyl (C=O) groups excluding carboxylic acids is 1. The van der Waals surface area contributed by atoms with Crippen LogP contribution in [0.1, 0.15) is 39.5 Å². The van der Waals surface area contributed by atoms with Crippen LogP contribution in [0.5, 0.6) is 0 Å². The summed E-state index contributed by atoms with van der Waals surface area (Å²) in [7, 11) is 0. The van der Waals surface area contributed by atoms with Gasteiger partial charge in [-0.3, -0.25) is 9.78 Å². The number of anilines is 1. The second-order valence-electron chi connectivity index (χ2n) is 7.78. The third kappa shape index (κ3) is 4.04. The van der Waals surface area contributed by atoms with Crippen molar-refractivity contribution in [3.05, 3.63) is 82.0 Å². The quantitative estimate of drug-likeness (QED) is 0.527. The Labute approximate surface area is 177 Å². The number of nitrogens with one attached hydrogen (secondary N) is 1. The van der Waals surface area contributed by atoms with Crippen molar-refractivity contribution in [2.45, 2.75) is 39.0 Å². The van der Waals surface area contributed by atoms with Gasteiger partial charge < -0.3 is 5.32 Å². The largest absolute Gasteiger partial charge is 0.320 e. The van der Waals surface area contributed by atoms with Crippen LogP contribution >= 0.6 is 0 Å². The van der Waals surface area contributed by atoms with Crippen LogP contribution in [0.4, 0.5) is 23.2 Å². The lowest BCUT2D eigenvalue weighted by Crippen LogP contribution is -2.17. The van der Waals surface area contributed by atoms with Crippen molar-refractivity contribution in [1.82, 2.24) is 4.98 Å². The molecule has 1 aromatic heterocycles. The Kier molecular flexibility index (Phi) is 5.29. The molecule has 0 saturated heterocycles. The molecule has 0 unspecified atom stereocenters. The number of hydrogen-bond acceptors (Lipinski definition) is 2. The number of amides is 1. The van der Waals surface area contributed by atoms with E-state index in [1.54, 1.807) is 18.2 Å². The summed E-state index contributed by atoms with van der Waals surface area (Å²) < 4.78 is 55.4. The second kappa shape index (κ2) is 7.80. The minimum atomic E-state index is -2.73. The number of benzene rings is 2. The Morgan fingerprint density at radius 1 is 1.10 bits per heavy atom. The van der Waals surface area contributed by atoms with Gasteiger partial charge in [0.1, 0.15) is 17.2 Å². The summed E-state index contributed by atoms with van der Waals surface area (Å²) in [6.45, 7) is 3.71. The van der Waals surface area contributed by atoms with Gasteiger partial charge in [-0.1, -0.05) is 19.1 Å². The molecule has 31 heavy (non-hydrogen) atoms. The molecule has 3 aromatic rings. The van der Waals surface area contributed by atoms with Gasteiger partial charge in [-0.25, -0.2) is 17.6 Å². The number of aromatic nitrogens is 1. The lowest BCUT2D eigenvalue weighted by Gasteiger charge is -2.14. The molecule has 1 aliphatic carbocycles. The van der Waals surface area contributed by atoms with E-state index in [2.05, 4.69) is 10.3 Å². The summed E-state index contributed by atoms with van der Waals surface area (Å²) in [5.74, 6) is -5.54. The van der Waals surface area contributed by atoms with E-state index in [9.17, 15) is 22.4 Å². The lowest BCUT2D eigenvalue weighted by atomic mass is 9.97. The highest BCUT2D eigenvalue weighted by atomic mass is 19.3. The monoisotopic (exact) mass is 428 g/mol. The third-order valence-electron chi connectivity index (χ3n) is 5.53. The minimum Gasteiger partial charge on any atom is -0.320 e. The van der Waals surface area contributed by atoms with Crippen LogP contribution < -0.4 is 5.32 Å². The van der Waals surface area contributed by atoms with Crippen LogP contribution in [0.25, 0.3) is 11.3 Å². The van der Waals surface area contributed by atoms with Crippen molar-refractivity contribution in [3.63, 3.8) is 0 Å². The first-order valence-electron chi connectivity index (χ1n) is 9.93. The first-order valence-corrected chi connectivity index (χ1v) is 9.93. The molecule has 160 valence electrons. The number of rotatable bonds is 4. The molecular formula is C24H20F4N2O. The number of nitrogens with zero attached hydrogens (tertiary/aromatic N) is 1. The van der Waals surface area contributed by atoms with E-state index in [1.807, 2.05) is 13.8 Å². The first-order chi connectivity index (χ1) is 14.7. The average Bonchev–Trinajstić information content (AvgIpc) is 3.00. The maximum absolute atomic E-state index is 13.9. The van der Waals surface area contributed by atoms with E-state index < -0.39 is 29.0 Å². The number of fused-ring (bicyclic) bond motifs is 1. The maximum atomic E-state index is 13.9. The fraction of sp³-hybridized carbons (Fsp3) is 0.250. The van der Waals surface area contributed by atoms with Crippen LogP contribution in [0.3, 0.4) is 0 Å². The molecule has 0 spiro atoms. The van der Waals surface area contributed by atoms with E-state index in [-0.39, 0.29) is 12.8 Å². The molecule has 0 aliphatic heterocycles. The molecule has 0 fully saturated rings. The summed E-state index contributed by atoms with van der Waals surface area (Å²) in [6.07, 6.45) is 1.40. The number of halogens is 4. The fourth-order valence-electron chi connectivity index (χ4n) is 3.99. The Morgan fingerprint density at radius 2 is 1.74 bits per heavy atom. The molecule has 1 amide bonds. The van der Waals surface area contributed by atoms with Crippen LogP contribution in [0, 0.1) is 18.6 Å². The number of pyridine rings is 1. The zero-order chi connectivity index (χ0) is 22.3. The van der Waals surface area contributed by atoms with Crippen molar-refractivity contribution in [2.24, 2.45) is 0 Å². The van der Waals surface area contributed by atoms with Crippen LogP contribution in [-0.4, -0.2) is 16.8 Å². The van der Waals surface area contributed by atoms with Crippen molar-refractivity contribution in [1.29, 1.82) is 0 Å². The highest BCUT2D eigenvalue weighted by Crippen LogP contribution is 2.38. The van der Waals surface area contributed by atoms with Gasteiger partial charge in [-0.15, -0.1) is 0 Å². The molecule has 0 atom stereocenters. The van der Waals surface area contributed by atoms with E-state index in [0.29, 0.717) is 34.5 Å². The van der Waals surface area contributed by atoms with Crippen molar-refractivity contribution in [3.8, 4) is 11.3 Å². The number of aryl methyl sites for hydroxylation is 2. The standard InChI is InChI=1S/C24H20F4N2O/c1-3-14-9-20(17-8-16-11-24(27,28)10-15(16)7-13(17)2)29-12-21(14)30-23(31)22-18(25)5-4-6-19(22)26/h4-9,12H,3,10-11H2,1-2H3,(H,30,31). The van der Waals surface area contributed by atoms with Gasteiger partial charge in [0.05, 0.1) is 17.6 Å². The minimum absolute atomic E-state index is 0.255. The Bertz CT molecular complexity index is 1170. The van der Waals surface area contributed by atoms with Gasteiger partial charge in [0, 0.05) is 18.4 Å². The summed E-state index contributed by atoms with van der Waals surface area (Å²) in [5, 5.41) is 2.52. The molecule has 0 saturated carbocycles. The number of hydrogen-bond donors (Lipinski definition) is 1. The van der Waals surface area contributed by atoms with Gasteiger partial charge in [-0.2, -0.15) is 0 Å². The fourth-order valence-corrected chi connectivity index (χ4v) is 3.99. The smallest absolute Gasteiger partial charge is 0.261 e. The van der Waals surface area contributed by atoms with Crippen LogP contribution in [0.2, 0.25) is 0 Å². The molecule has 1 aliphatic rings. The Morgan fingerprint density at radius 3 is 2.39 bits per heavy atom. The zero-order valence-corrected chi connectivity index (χ0v) is 17.0. The van der Waals surface area contributed by atoms with Gasteiger partial charge in [0.2, 0.25) is 0 Å². The van der Waals surface area contributed by atoms with Crippen molar-refractivity contribution < 1.29 is 22.4 Å². The summed E-state index contributed by atoms with van der Waals surface area (Å²) in [6, 6.07) is 8.50. The molecule has 4 rings (SSSR count). The second-order valence-corrected chi connectivity index (χ2v) is 7.78. The maximum Gasteiger partial charge on any atom is 0.261 e. The average molecular weight is 428 g/mol. The van der Waals surface area contributed by atoms with Gasteiger partial charge in [0.15, 0.2) is 0 Å².